The molecule has 2 heterocycles. The summed E-state index contributed by atoms with van der Waals surface area (Å²) in [6, 6.07) is 4.60. The summed E-state index contributed by atoms with van der Waals surface area (Å²) in [5.41, 5.74) is 3.80. The van der Waals surface area contributed by atoms with E-state index >= 15 is 0 Å². The highest BCUT2D eigenvalue weighted by molar-refractivity contribution is 5.25. The zero-order valence-corrected chi connectivity index (χ0v) is 9.69. The average molecular weight is 228 g/mol. The quantitative estimate of drug-likeness (QED) is 0.844. The van der Waals surface area contributed by atoms with Crippen molar-refractivity contribution in [2.24, 2.45) is 0 Å². The van der Waals surface area contributed by atoms with Gasteiger partial charge in [-0.2, -0.15) is 5.10 Å². The molecule has 4 heteroatoms. The molecule has 0 spiro atoms. The maximum Gasteiger partial charge on any atom is 0.0605 e. The molecule has 0 bridgehead atoms. The Morgan fingerprint density at radius 2 is 2.47 bits per heavy atom. The van der Waals surface area contributed by atoms with Gasteiger partial charge in [-0.05, 0) is 30.9 Å². The number of hydrogen-bond donors (Lipinski definition) is 2. The molecule has 0 saturated heterocycles. The Balaban J connectivity index is 1.72. The van der Waals surface area contributed by atoms with Gasteiger partial charge in [0.2, 0.25) is 0 Å². The van der Waals surface area contributed by atoms with Crippen LogP contribution in [0, 0.1) is 0 Å². The zero-order chi connectivity index (χ0) is 11.5. The van der Waals surface area contributed by atoms with Crippen LogP contribution in [0.25, 0.3) is 0 Å². The molecule has 88 valence electrons. The van der Waals surface area contributed by atoms with Gasteiger partial charge >= 0.3 is 0 Å². The lowest BCUT2D eigenvalue weighted by molar-refractivity contribution is 0.448. The van der Waals surface area contributed by atoms with Crippen molar-refractivity contribution in [1.82, 2.24) is 20.5 Å². The molecule has 0 fully saturated rings. The predicted molar refractivity (Wildman–Crippen MR) is 65.3 cm³/mol. The molecule has 0 aliphatic heterocycles. The van der Waals surface area contributed by atoms with Crippen LogP contribution < -0.4 is 5.32 Å². The van der Waals surface area contributed by atoms with Crippen molar-refractivity contribution in [3.8, 4) is 0 Å². The van der Waals surface area contributed by atoms with Crippen molar-refractivity contribution in [1.29, 1.82) is 0 Å². The first-order valence-electron chi connectivity index (χ1n) is 6.08. The lowest BCUT2D eigenvalue weighted by atomic mass is 9.92. The summed E-state index contributed by atoms with van der Waals surface area (Å²) in [6.45, 7) is 0.844. The number of nitrogens with one attached hydrogen (secondary N) is 2. The van der Waals surface area contributed by atoms with E-state index in [1.54, 1.807) is 0 Å². The van der Waals surface area contributed by atoms with Crippen molar-refractivity contribution in [3.63, 3.8) is 0 Å². The van der Waals surface area contributed by atoms with Crippen LogP contribution in [0.3, 0.4) is 0 Å². The lowest BCUT2D eigenvalue weighted by Gasteiger charge is -2.25. The van der Waals surface area contributed by atoms with Crippen LogP contribution in [0.4, 0.5) is 0 Å². The second-order valence-electron chi connectivity index (χ2n) is 4.48. The van der Waals surface area contributed by atoms with Crippen LogP contribution in [-0.2, 0) is 13.0 Å². The van der Waals surface area contributed by atoms with E-state index in [1.165, 1.54) is 29.7 Å². The topological polar surface area (TPSA) is 53.6 Å². The van der Waals surface area contributed by atoms with E-state index < -0.39 is 0 Å². The summed E-state index contributed by atoms with van der Waals surface area (Å²) < 4.78 is 0. The molecule has 3 rings (SSSR count). The van der Waals surface area contributed by atoms with Gasteiger partial charge in [-0.1, -0.05) is 6.07 Å². The van der Waals surface area contributed by atoms with Crippen LogP contribution in [-0.4, -0.2) is 15.2 Å². The van der Waals surface area contributed by atoms with E-state index in [2.05, 4.69) is 26.6 Å². The molecule has 0 amide bonds. The van der Waals surface area contributed by atoms with Crippen molar-refractivity contribution in [3.05, 3.63) is 47.5 Å². The number of H-pyrrole nitrogens is 1. The number of fused-ring (bicyclic) bond motifs is 1. The molecule has 0 aromatic carbocycles. The third kappa shape index (κ3) is 2.22. The number of nitrogens with zero attached hydrogens (tertiary/aromatic N) is 2. The molecule has 2 N–H and O–H groups in total. The standard InChI is InChI=1S/C13H16N4/c1-3-11-4-2-6-14-13(11)12(5-1)15-7-10-8-16-17-9-10/h2,4,6,8-9,12,15H,1,3,5,7H2,(H,16,17). The highest BCUT2D eigenvalue weighted by Crippen LogP contribution is 2.27. The van der Waals surface area contributed by atoms with E-state index in [1.807, 2.05) is 24.7 Å². The van der Waals surface area contributed by atoms with E-state index in [0.29, 0.717) is 6.04 Å². The number of hydrogen-bond acceptors (Lipinski definition) is 3. The Morgan fingerprint density at radius 3 is 3.35 bits per heavy atom. The maximum atomic E-state index is 4.51. The largest absolute Gasteiger partial charge is 0.304 e. The van der Waals surface area contributed by atoms with E-state index in [4.69, 9.17) is 0 Å². The molecule has 0 saturated carbocycles. The summed E-state index contributed by atoms with van der Waals surface area (Å²) in [5.74, 6) is 0. The molecule has 2 aromatic heterocycles. The third-order valence-corrected chi connectivity index (χ3v) is 3.30. The van der Waals surface area contributed by atoms with Crippen molar-refractivity contribution < 1.29 is 0 Å². The van der Waals surface area contributed by atoms with Crippen LogP contribution in [0.1, 0.15) is 35.7 Å². The minimum absolute atomic E-state index is 0.384. The SMILES string of the molecule is c1cnc2c(c1)CCCC2NCc1cn[nH]c1. The fraction of sp³-hybridized carbons (Fsp3) is 0.385. The maximum absolute atomic E-state index is 4.51. The molecule has 2 aromatic rings. The first-order valence-corrected chi connectivity index (χ1v) is 6.08. The molecular formula is C13H16N4. The molecule has 0 radical (unpaired) electrons. The van der Waals surface area contributed by atoms with E-state index in [-0.39, 0.29) is 0 Å². The summed E-state index contributed by atoms with van der Waals surface area (Å²) >= 11 is 0. The first kappa shape index (κ1) is 10.5. The summed E-state index contributed by atoms with van der Waals surface area (Å²) in [6.07, 6.45) is 9.23. The van der Waals surface area contributed by atoms with Gasteiger partial charge in [-0.15, -0.1) is 0 Å². The number of aryl methyl sites for hydroxylation is 1. The molecule has 4 nitrogen and oxygen atoms in total. The van der Waals surface area contributed by atoms with E-state index in [9.17, 15) is 0 Å². The smallest absolute Gasteiger partial charge is 0.0605 e. The summed E-state index contributed by atoms with van der Waals surface area (Å²) in [4.78, 5) is 4.51. The molecule has 17 heavy (non-hydrogen) atoms. The second kappa shape index (κ2) is 4.67. The number of aromatic nitrogens is 3. The van der Waals surface area contributed by atoms with Gasteiger partial charge in [0.1, 0.15) is 0 Å². The van der Waals surface area contributed by atoms with Crippen LogP contribution >= 0.6 is 0 Å². The number of pyridine rings is 1. The van der Waals surface area contributed by atoms with Crippen LogP contribution in [0.15, 0.2) is 30.7 Å². The van der Waals surface area contributed by atoms with Gasteiger partial charge in [0, 0.05) is 24.5 Å². The summed E-state index contributed by atoms with van der Waals surface area (Å²) in [7, 11) is 0. The highest BCUT2D eigenvalue weighted by atomic mass is 15.1. The molecule has 1 atom stereocenters. The zero-order valence-electron chi connectivity index (χ0n) is 9.69. The average Bonchev–Trinajstić information content (AvgIpc) is 2.89. The molecule has 1 aliphatic carbocycles. The van der Waals surface area contributed by atoms with Gasteiger partial charge < -0.3 is 5.32 Å². The van der Waals surface area contributed by atoms with Crippen molar-refractivity contribution >= 4 is 0 Å². The molecular weight excluding hydrogens is 212 g/mol. The minimum Gasteiger partial charge on any atom is -0.304 e. The fourth-order valence-corrected chi connectivity index (χ4v) is 2.42. The Morgan fingerprint density at radius 1 is 1.47 bits per heavy atom. The Kier molecular flexibility index (Phi) is 2.88. The van der Waals surface area contributed by atoms with Crippen LogP contribution in [0.2, 0.25) is 0 Å². The Bertz CT molecular complexity index is 478. The van der Waals surface area contributed by atoms with E-state index in [0.717, 1.165) is 13.0 Å². The van der Waals surface area contributed by atoms with Gasteiger partial charge in [0.05, 0.1) is 17.9 Å². The number of rotatable bonds is 3. The fourth-order valence-electron chi connectivity index (χ4n) is 2.42. The second-order valence-corrected chi connectivity index (χ2v) is 4.48. The first-order chi connectivity index (χ1) is 8.43. The lowest BCUT2D eigenvalue weighted by Crippen LogP contribution is -2.25. The Hall–Kier alpha value is -1.68. The normalized spacial score (nSPS) is 18.9. The summed E-state index contributed by atoms with van der Waals surface area (Å²) in [5, 5.41) is 10.3. The Labute approximate surface area is 100 Å². The van der Waals surface area contributed by atoms with Crippen molar-refractivity contribution in [2.75, 3.05) is 0 Å². The van der Waals surface area contributed by atoms with Crippen LogP contribution in [0.5, 0.6) is 0 Å². The minimum atomic E-state index is 0.384. The number of aromatic amines is 1. The van der Waals surface area contributed by atoms with Gasteiger partial charge in [0.25, 0.3) is 0 Å². The third-order valence-electron chi connectivity index (χ3n) is 3.30. The predicted octanol–water partition coefficient (Wildman–Crippen LogP) is 1.97. The monoisotopic (exact) mass is 228 g/mol. The van der Waals surface area contributed by atoms with Gasteiger partial charge in [0.15, 0.2) is 0 Å². The van der Waals surface area contributed by atoms with Crippen molar-refractivity contribution in [2.45, 2.75) is 31.8 Å². The van der Waals surface area contributed by atoms with Gasteiger partial charge in [-0.25, -0.2) is 0 Å². The molecule has 1 aliphatic rings. The highest BCUT2D eigenvalue weighted by Gasteiger charge is 2.20. The molecule has 1 unspecified atom stereocenters. The van der Waals surface area contributed by atoms with Gasteiger partial charge in [-0.3, -0.25) is 10.1 Å².